The highest BCUT2D eigenvalue weighted by atomic mass is 16.6. The molecular formula is C10H20N2O3. The van der Waals surface area contributed by atoms with Crippen LogP contribution in [0.4, 0.5) is 0 Å². The highest BCUT2D eigenvalue weighted by Crippen LogP contribution is 2.05. The number of amides is 1. The van der Waals surface area contributed by atoms with Crippen LogP contribution in [0.5, 0.6) is 0 Å². The SMILES string of the molecule is CCNC(=O)CNCC(=O)OC(C)(C)C. The Morgan fingerprint density at radius 2 is 1.80 bits per heavy atom. The molecule has 0 aliphatic carbocycles. The van der Waals surface area contributed by atoms with Gasteiger partial charge in [-0.15, -0.1) is 0 Å². The second kappa shape index (κ2) is 6.40. The fourth-order valence-electron chi connectivity index (χ4n) is 0.915. The van der Waals surface area contributed by atoms with Gasteiger partial charge >= 0.3 is 5.97 Å². The first-order chi connectivity index (χ1) is 6.85. The number of rotatable bonds is 5. The summed E-state index contributed by atoms with van der Waals surface area (Å²) >= 11 is 0. The molecule has 0 saturated heterocycles. The Hall–Kier alpha value is -1.10. The third kappa shape index (κ3) is 9.21. The molecule has 0 fully saturated rings. The van der Waals surface area contributed by atoms with Crippen LogP contribution in [0.25, 0.3) is 0 Å². The van der Waals surface area contributed by atoms with Gasteiger partial charge in [0.2, 0.25) is 5.91 Å². The van der Waals surface area contributed by atoms with Gasteiger partial charge in [0, 0.05) is 6.54 Å². The van der Waals surface area contributed by atoms with E-state index < -0.39 is 5.60 Å². The van der Waals surface area contributed by atoms with Gasteiger partial charge in [-0.25, -0.2) is 0 Å². The molecule has 0 bridgehead atoms. The molecule has 0 aliphatic heterocycles. The molecule has 2 N–H and O–H groups in total. The zero-order valence-corrected chi connectivity index (χ0v) is 9.85. The minimum atomic E-state index is -0.482. The predicted octanol–water partition coefficient (Wildman–Crippen LogP) is 0.0538. The van der Waals surface area contributed by atoms with Crippen LogP contribution in [0.3, 0.4) is 0 Å². The smallest absolute Gasteiger partial charge is 0.320 e. The van der Waals surface area contributed by atoms with E-state index in [0.29, 0.717) is 6.54 Å². The summed E-state index contributed by atoms with van der Waals surface area (Å²) in [6.45, 7) is 8.01. The molecule has 15 heavy (non-hydrogen) atoms. The number of hydrogen-bond donors (Lipinski definition) is 2. The van der Waals surface area contributed by atoms with Crippen LogP contribution in [-0.2, 0) is 14.3 Å². The van der Waals surface area contributed by atoms with Crippen molar-refractivity contribution in [2.45, 2.75) is 33.3 Å². The summed E-state index contributed by atoms with van der Waals surface area (Å²) in [5.41, 5.74) is -0.482. The van der Waals surface area contributed by atoms with Crippen molar-refractivity contribution in [1.29, 1.82) is 0 Å². The van der Waals surface area contributed by atoms with Crippen molar-refractivity contribution in [3.05, 3.63) is 0 Å². The lowest BCUT2D eigenvalue weighted by atomic mass is 10.2. The lowest BCUT2D eigenvalue weighted by Crippen LogP contribution is -2.38. The van der Waals surface area contributed by atoms with E-state index in [2.05, 4.69) is 10.6 Å². The van der Waals surface area contributed by atoms with Crippen molar-refractivity contribution in [1.82, 2.24) is 10.6 Å². The first-order valence-corrected chi connectivity index (χ1v) is 5.04. The highest BCUT2D eigenvalue weighted by molar-refractivity contribution is 5.79. The van der Waals surface area contributed by atoms with E-state index >= 15 is 0 Å². The third-order valence-electron chi connectivity index (χ3n) is 1.35. The van der Waals surface area contributed by atoms with E-state index in [1.54, 1.807) is 20.8 Å². The van der Waals surface area contributed by atoms with Crippen LogP contribution in [0.1, 0.15) is 27.7 Å². The number of carbonyl (C=O) groups excluding carboxylic acids is 2. The molecule has 0 aliphatic rings. The summed E-state index contributed by atoms with van der Waals surface area (Å²) in [4.78, 5) is 22.2. The number of hydrogen-bond acceptors (Lipinski definition) is 4. The van der Waals surface area contributed by atoms with Crippen LogP contribution in [0.2, 0.25) is 0 Å². The second-order valence-corrected chi connectivity index (χ2v) is 4.14. The number of carbonyl (C=O) groups is 2. The van der Waals surface area contributed by atoms with Gasteiger partial charge in [-0.2, -0.15) is 0 Å². The van der Waals surface area contributed by atoms with Crippen LogP contribution >= 0.6 is 0 Å². The zero-order chi connectivity index (χ0) is 11.9. The molecule has 0 radical (unpaired) electrons. The molecule has 0 heterocycles. The Labute approximate surface area is 90.6 Å². The normalized spacial score (nSPS) is 10.9. The molecule has 0 saturated carbocycles. The van der Waals surface area contributed by atoms with Crippen molar-refractivity contribution in [3.8, 4) is 0 Å². The summed E-state index contributed by atoms with van der Waals surface area (Å²) in [6.07, 6.45) is 0. The third-order valence-corrected chi connectivity index (χ3v) is 1.35. The molecule has 5 heteroatoms. The van der Waals surface area contributed by atoms with E-state index in [1.165, 1.54) is 0 Å². The Kier molecular flexibility index (Phi) is 5.93. The lowest BCUT2D eigenvalue weighted by molar-refractivity contribution is -0.153. The lowest BCUT2D eigenvalue weighted by Gasteiger charge is -2.19. The van der Waals surface area contributed by atoms with Gasteiger partial charge in [0.1, 0.15) is 5.60 Å². The fourth-order valence-corrected chi connectivity index (χ4v) is 0.915. The Balaban J connectivity index is 3.60. The molecule has 0 spiro atoms. The minimum Gasteiger partial charge on any atom is -0.459 e. The Bertz CT molecular complexity index is 221. The molecule has 0 unspecified atom stereocenters. The summed E-state index contributed by atoms with van der Waals surface area (Å²) in [7, 11) is 0. The fraction of sp³-hybridized carbons (Fsp3) is 0.800. The predicted molar refractivity (Wildman–Crippen MR) is 57.4 cm³/mol. The topological polar surface area (TPSA) is 67.4 Å². The average molecular weight is 216 g/mol. The van der Waals surface area contributed by atoms with E-state index in [0.717, 1.165) is 0 Å². The Morgan fingerprint density at radius 1 is 1.20 bits per heavy atom. The average Bonchev–Trinajstić information content (AvgIpc) is 2.00. The van der Waals surface area contributed by atoms with Crippen LogP contribution in [0.15, 0.2) is 0 Å². The molecular weight excluding hydrogens is 196 g/mol. The monoisotopic (exact) mass is 216 g/mol. The standard InChI is InChI=1S/C10H20N2O3/c1-5-12-8(13)6-11-7-9(14)15-10(2,3)4/h11H,5-7H2,1-4H3,(H,12,13). The molecule has 0 atom stereocenters. The summed E-state index contributed by atoms with van der Waals surface area (Å²) in [5.74, 6) is -0.479. The number of likely N-dealkylation sites (N-methyl/N-ethyl adjacent to an activating group) is 1. The van der Waals surface area contributed by atoms with Gasteiger partial charge in [0.25, 0.3) is 0 Å². The van der Waals surface area contributed by atoms with Crippen molar-refractivity contribution in [2.75, 3.05) is 19.6 Å². The molecule has 0 rings (SSSR count). The number of esters is 1. The van der Waals surface area contributed by atoms with E-state index in [1.807, 2.05) is 6.92 Å². The second-order valence-electron chi connectivity index (χ2n) is 4.14. The maximum atomic E-state index is 11.2. The number of nitrogens with one attached hydrogen (secondary N) is 2. The minimum absolute atomic E-state index is 0.0500. The van der Waals surface area contributed by atoms with E-state index in [9.17, 15) is 9.59 Å². The van der Waals surface area contributed by atoms with Gasteiger partial charge in [0.15, 0.2) is 0 Å². The van der Waals surface area contributed by atoms with Crippen molar-refractivity contribution >= 4 is 11.9 Å². The van der Waals surface area contributed by atoms with Gasteiger partial charge in [-0.3, -0.25) is 14.9 Å². The van der Waals surface area contributed by atoms with Crippen molar-refractivity contribution < 1.29 is 14.3 Å². The maximum Gasteiger partial charge on any atom is 0.320 e. The van der Waals surface area contributed by atoms with Crippen molar-refractivity contribution in [2.24, 2.45) is 0 Å². The summed E-state index contributed by atoms with van der Waals surface area (Å²) in [5, 5.41) is 5.32. The summed E-state index contributed by atoms with van der Waals surface area (Å²) < 4.78 is 5.05. The van der Waals surface area contributed by atoms with Gasteiger partial charge in [-0.05, 0) is 27.7 Å². The molecule has 88 valence electrons. The largest absolute Gasteiger partial charge is 0.459 e. The number of ether oxygens (including phenoxy) is 1. The van der Waals surface area contributed by atoms with Crippen molar-refractivity contribution in [3.63, 3.8) is 0 Å². The highest BCUT2D eigenvalue weighted by Gasteiger charge is 2.15. The van der Waals surface area contributed by atoms with Gasteiger partial charge in [0.05, 0.1) is 13.1 Å². The molecule has 1 amide bonds. The van der Waals surface area contributed by atoms with Gasteiger partial charge in [-0.1, -0.05) is 0 Å². The van der Waals surface area contributed by atoms with E-state index in [-0.39, 0.29) is 25.0 Å². The first kappa shape index (κ1) is 13.9. The summed E-state index contributed by atoms with van der Waals surface area (Å²) in [6, 6.07) is 0. The van der Waals surface area contributed by atoms with Crippen LogP contribution in [-0.4, -0.2) is 37.1 Å². The first-order valence-electron chi connectivity index (χ1n) is 5.04. The van der Waals surface area contributed by atoms with Gasteiger partial charge < -0.3 is 10.1 Å². The van der Waals surface area contributed by atoms with Crippen LogP contribution < -0.4 is 10.6 Å². The Morgan fingerprint density at radius 3 is 2.27 bits per heavy atom. The zero-order valence-electron chi connectivity index (χ0n) is 9.85. The van der Waals surface area contributed by atoms with Crippen LogP contribution in [0, 0.1) is 0 Å². The molecule has 0 aromatic rings. The molecule has 5 nitrogen and oxygen atoms in total. The molecule has 0 aromatic carbocycles. The quantitative estimate of drug-likeness (QED) is 0.637. The molecule has 0 aromatic heterocycles. The van der Waals surface area contributed by atoms with E-state index in [4.69, 9.17) is 4.74 Å². The maximum absolute atomic E-state index is 11.2.